The molecule has 23 heavy (non-hydrogen) atoms. The molecule has 1 aliphatic carbocycles. The van der Waals surface area contributed by atoms with E-state index in [4.69, 9.17) is 9.31 Å². The van der Waals surface area contributed by atoms with Crippen LogP contribution < -0.4 is 10.8 Å². The molecule has 0 atom stereocenters. The van der Waals surface area contributed by atoms with Crippen molar-refractivity contribution in [1.82, 2.24) is 0 Å². The zero-order chi connectivity index (χ0) is 16.8. The first-order chi connectivity index (χ1) is 10.7. The van der Waals surface area contributed by atoms with Crippen LogP contribution in [0.3, 0.4) is 0 Å². The van der Waals surface area contributed by atoms with Crippen molar-refractivity contribution in [1.29, 1.82) is 0 Å². The molecule has 5 heteroatoms. The molecule has 3 rings (SSSR count). The monoisotopic (exact) mass is 315 g/mol. The van der Waals surface area contributed by atoms with E-state index in [9.17, 15) is 4.79 Å². The smallest absolute Gasteiger partial charge is 0.399 e. The molecule has 0 radical (unpaired) electrons. The molecule has 2 aliphatic rings. The second kappa shape index (κ2) is 5.64. The molecule has 1 saturated carbocycles. The lowest BCUT2D eigenvalue weighted by Gasteiger charge is -2.32. The zero-order valence-electron chi connectivity index (χ0n) is 14.7. The average molecular weight is 315 g/mol. The number of nitrogens with one attached hydrogen (secondary N) is 1. The SMILES string of the molecule is CC1CC(C(=O)Nc2ccc(B3OC(C)(C)C(C)(C)O3)cc2)C1. The predicted octanol–water partition coefficient (Wildman–Crippen LogP) is 2.97. The Bertz CT molecular complexity index is 575. The fourth-order valence-corrected chi connectivity index (χ4v) is 3.06. The Hall–Kier alpha value is -1.33. The van der Waals surface area contributed by atoms with Gasteiger partial charge in [0.25, 0.3) is 0 Å². The van der Waals surface area contributed by atoms with Crippen molar-refractivity contribution in [3.8, 4) is 0 Å². The summed E-state index contributed by atoms with van der Waals surface area (Å²) in [6.07, 6.45) is 2.00. The first-order valence-corrected chi connectivity index (χ1v) is 8.44. The number of benzene rings is 1. The van der Waals surface area contributed by atoms with Crippen molar-refractivity contribution in [3.05, 3.63) is 24.3 Å². The molecule has 0 spiro atoms. The summed E-state index contributed by atoms with van der Waals surface area (Å²) in [5, 5.41) is 2.99. The van der Waals surface area contributed by atoms with Crippen molar-refractivity contribution in [2.75, 3.05) is 5.32 Å². The maximum atomic E-state index is 12.1. The highest BCUT2D eigenvalue weighted by molar-refractivity contribution is 6.62. The largest absolute Gasteiger partial charge is 0.494 e. The Labute approximate surface area is 139 Å². The Kier molecular flexibility index (Phi) is 4.05. The van der Waals surface area contributed by atoms with Gasteiger partial charge in [-0.3, -0.25) is 4.79 Å². The summed E-state index contributed by atoms with van der Waals surface area (Å²) in [5.74, 6) is 0.982. The topological polar surface area (TPSA) is 47.6 Å². The molecule has 124 valence electrons. The van der Waals surface area contributed by atoms with Crippen LogP contribution in [0.1, 0.15) is 47.5 Å². The van der Waals surface area contributed by atoms with E-state index < -0.39 is 0 Å². The standard InChI is InChI=1S/C18H26BNO3/c1-12-10-13(11-12)16(21)20-15-8-6-14(7-9-15)19-22-17(2,3)18(4,5)23-19/h6-9,12-13H,10-11H2,1-5H3,(H,20,21). The van der Waals surface area contributed by atoms with Gasteiger partial charge in [0.1, 0.15) is 0 Å². The summed E-state index contributed by atoms with van der Waals surface area (Å²) in [7, 11) is -0.364. The van der Waals surface area contributed by atoms with E-state index in [-0.39, 0.29) is 30.1 Å². The van der Waals surface area contributed by atoms with E-state index >= 15 is 0 Å². The molecule has 1 heterocycles. The van der Waals surface area contributed by atoms with Crippen molar-refractivity contribution < 1.29 is 14.1 Å². The second-order valence-electron chi connectivity index (χ2n) is 7.97. The van der Waals surface area contributed by atoms with Gasteiger partial charge in [-0.15, -0.1) is 0 Å². The number of amides is 1. The minimum Gasteiger partial charge on any atom is -0.399 e. The third-order valence-corrected chi connectivity index (χ3v) is 5.45. The number of carbonyl (C=O) groups is 1. The molecular weight excluding hydrogens is 289 g/mol. The summed E-state index contributed by atoms with van der Waals surface area (Å²) in [5.41, 5.74) is 1.12. The molecule has 1 aliphatic heterocycles. The molecule has 1 N–H and O–H groups in total. The Morgan fingerprint density at radius 3 is 2.09 bits per heavy atom. The van der Waals surface area contributed by atoms with Crippen LogP contribution >= 0.6 is 0 Å². The summed E-state index contributed by atoms with van der Waals surface area (Å²) in [4.78, 5) is 12.1. The van der Waals surface area contributed by atoms with Crippen LogP contribution in [0.2, 0.25) is 0 Å². The third kappa shape index (κ3) is 3.17. The third-order valence-electron chi connectivity index (χ3n) is 5.45. The van der Waals surface area contributed by atoms with Crippen molar-refractivity contribution in [2.45, 2.75) is 58.7 Å². The minimum absolute atomic E-state index is 0.131. The molecule has 0 unspecified atom stereocenters. The van der Waals surface area contributed by atoms with E-state index in [1.165, 1.54) is 0 Å². The molecule has 1 aromatic rings. The summed E-state index contributed by atoms with van der Waals surface area (Å²) in [6.45, 7) is 10.4. The molecule has 1 aromatic carbocycles. The minimum atomic E-state index is -0.364. The fourth-order valence-electron chi connectivity index (χ4n) is 3.06. The summed E-state index contributed by atoms with van der Waals surface area (Å²) >= 11 is 0. The summed E-state index contributed by atoms with van der Waals surface area (Å²) in [6, 6.07) is 7.75. The highest BCUT2D eigenvalue weighted by Gasteiger charge is 2.51. The number of carbonyl (C=O) groups excluding carboxylic acids is 1. The van der Waals surface area contributed by atoms with Gasteiger partial charge in [0.2, 0.25) is 5.91 Å². The van der Waals surface area contributed by atoms with E-state index in [0.29, 0.717) is 5.92 Å². The van der Waals surface area contributed by atoms with Gasteiger partial charge in [-0.1, -0.05) is 19.1 Å². The highest BCUT2D eigenvalue weighted by atomic mass is 16.7. The fraction of sp³-hybridized carbons (Fsp3) is 0.611. The Morgan fingerprint density at radius 1 is 1.09 bits per heavy atom. The van der Waals surface area contributed by atoms with Crippen LogP contribution in [0.15, 0.2) is 24.3 Å². The van der Waals surface area contributed by atoms with Crippen LogP contribution in [0.25, 0.3) is 0 Å². The van der Waals surface area contributed by atoms with Gasteiger partial charge in [-0.25, -0.2) is 0 Å². The average Bonchev–Trinajstić information content (AvgIpc) is 2.64. The molecule has 0 aromatic heterocycles. The van der Waals surface area contributed by atoms with Gasteiger partial charge in [0.05, 0.1) is 11.2 Å². The van der Waals surface area contributed by atoms with Gasteiger partial charge < -0.3 is 14.6 Å². The zero-order valence-corrected chi connectivity index (χ0v) is 14.7. The van der Waals surface area contributed by atoms with Gasteiger partial charge in [0, 0.05) is 11.6 Å². The summed E-state index contributed by atoms with van der Waals surface area (Å²) < 4.78 is 12.1. The molecule has 4 nitrogen and oxygen atoms in total. The maximum absolute atomic E-state index is 12.1. The van der Waals surface area contributed by atoms with Crippen LogP contribution in [0.5, 0.6) is 0 Å². The first-order valence-electron chi connectivity index (χ1n) is 8.44. The molecule has 1 amide bonds. The van der Waals surface area contributed by atoms with E-state index in [0.717, 1.165) is 24.0 Å². The maximum Gasteiger partial charge on any atom is 0.494 e. The van der Waals surface area contributed by atoms with Gasteiger partial charge in [-0.05, 0) is 64.1 Å². The van der Waals surface area contributed by atoms with E-state index in [1.54, 1.807) is 0 Å². The number of hydrogen-bond acceptors (Lipinski definition) is 3. The first kappa shape index (κ1) is 16.5. The van der Waals surface area contributed by atoms with Crippen molar-refractivity contribution in [2.24, 2.45) is 11.8 Å². The Balaban J connectivity index is 1.63. The number of hydrogen-bond donors (Lipinski definition) is 1. The molecule has 0 bridgehead atoms. The van der Waals surface area contributed by atoms with Crippen LogP contribution in [-0.2, 0) is 14.1 Å². The second-order valence-corrected chi connectivity index (χ2v) is 7.97. The van der Waals surface area contributed by atoms with Crippen molar-refractivity contribution >= 4 is 24.2 Å². The van der Waals surface area contributed by atoms with Crippen molar-refractivity contribution in [3.63, 3.8) is 0 Å². The molecule has 1 saturated heterocycles. The Morgan fingerprint density at radius 2 is 1.61 bits per heavy atom. The van der Waals surface area contributed by atoms with E-state index in [1.807, 2.05) is 52.0 Å². The molecular formula is C18H26BNO3. The number of anilines is 1. The predicted molar refractivity (Wildman–Crippen MR) is 92.7 cm³/mol. The quantitative estimate of drug-likeness (QED) is 0.872. The highest BCUT2D eigenvalue weighted by Crippen LogP contribution is 2.36. The lowest BCUT2D eigenvalue weighted by atomic mass is 9.75. The van der Waals surface area contributed by atoms with E-state index in [2.05, 4.69) is 12.2 Å². The number of rotatable bonds is 3. The van der Waals surface area contributed by atoms with Crippen LogP contribution in [0.4, 0.5) is 5.69 Å². The van der Waals surface area contributed by atoms with Crippen LogP contribution in [0, 0.1) is 11.8 Å². The van der Waals surface area contributed by atoms with Gasteiger partial charge in [-0.2, -0.15) is 0 Å². The normalized spacial score (nSPS) is 28.3. The molecule has 2 fully saturated rings. The lowest BCUT2D eigenvalue weighted by molar-refractivity contribution is -0.123. The van der Waals surface area contributed by atoms with Gasteiger partial charge >= 0.3 is 7.12 Å². The van der Waals surface area contributed by atoms with Crippen LogP contribution in [-0.4, -0.2) is 24.2 Å². The van der Waals surface area contributed by atoms with Gasteiger partial charge in [0.15, 0.2) is 0 Å². The lowest BCUT2D eigenvalue weighted by Crippen LogP contribution is -2.41.